The summed E-state index contributed by atoms with van der Waals surface area (Å²) >= 11 is 0. The van der Waals surface area contributed by atoms with Crippen LogP contribution >= 0.6 is 0 Å². The second-order valence-electron chi connectivity index (χ2n) is 8.28. The maximum atomic E-state index is 12.7. The maximum Gasteiger partial charge on any atom is 0.228 e. The predicted molar refractivity (Wildman–Crippen MR) is 103 cm³/mol. The highest BCUT2D eigenvalue weighted by atomic mass is 16.5. The summed E-state index contributed by atoms with van der Waals surface area (Å²) in [6, 6.07) is 0. The zero-order chi connectivity index (χ0) is 19.8. The summed E-state index contributed by atoms with van der Waals surface area (Å²) in [6.45, 7) is 16.1. The van der Waals surface area contributed by atoms with Crippen molar-refractivity contribution in [2.45, 2.75) is 54.4 Å². The lowest BCUT2D eigenvalue weighted by Crippen LogP contribution is -2.46. The quantitative estimate of drug-likeness (QED) is 0.763. The number of carbonyl (C=O) groups is 2. The van der Waals surface area contributed by atoms with Gasteiger partial charge in [0.25, 0.3) is 0 Å². The molecule has 1 aliphatic rings. The molecule has 0 aromatic carbocycles. The number of amides is 2. The van der Waals surface area contributed by atoms with Gasteiger partial charge in [0.1, 0.15) is 0 Å². The number of carbonyl (C=O) groups excluding carboxylic acids is 2. The number of hydrogen-bond acceptors (Lipinski definition) is 4. The van der Waals surface area contributed by atoms with Crippen LogP contribution < -0.4 is 0 Å². The van der Waals surface area contributed by atoms with Crippen LogP contribution in [0.25, 0.3) is 0 Å². The van der Waals surface area contributed by atoms with Crippen LogP contribution in [0.5, 0.6) is 0 Å². The highest BCUT2D eigenvalue weighted by molar-refractivity contribution is 5.82. The number of hydrogen-bond donors (Lipinski definition) is 0. The van der Waals surface area contributed by atoms with E-state index in [0.717, 1.165) is 12.8 Å². The first kappa shape index (κ1) is 22.9. The zero-order valence-electron chi connectivity index (χ0n) is 17.6. The topological polar surface area (TPSA) is 59.1 Å². The van der Waals surface area contributed by atoms with Crippen molar-refractivity contribution in [1.82, 2.24) is 9.80 Å². The second-order valence-corrected chi connectivity index (χ2v) is 8.28. The fourth-order valence-electron chi connectivity index (χ4n) is 2.69. The molecule has 0 aromatic rings. The van der Waals surface area contributed by atoms with Crippen LogP contribution in [-0.2, 0) is 19.1 Å². The summed E-state index contributed by atoms with van der Waals surface area (Å²) in [5.74, 6) is 0.288. The van der Waals surface area contributed by atoms with E-state index in [2.05, 4.69) is 0 Å². The average molecular weight is 371 g/mol. The first-order chi connectivity index (χ1) is 12.2. The molecule has 6 nitrogen and oxygen atoms in total. The van der Waals surface area contributed by atoms with Crippen molar-refractivity contribution in [2.24, 2.45) is 10.8 Å². The Morgan fingerprint density at radius 1 is 0.692 bits per heavy atom. The number of rotatable bonds is 4. The van der Waals surface area contributed by atoms with Gasteiger partial charge in [0.05, 0.1) is 26.4 Å². The van der Waals surface area contributed by atoms with Gasteiger partial charge in [-0.05, 0) is 12.8 Å². The molecule has 152 valence electrons. The van der Waals surface area contributed by atoms with Crippen LogP contribution in [0.1, 0.15) is 54.4 Å². The summed E-state index contributed by atoms with van der Waals surface area (Å²) in [7, 11) is 0. The average Bonchev–Trinajstić information content (AvgIpc) is 2.61. The van der Waals surface area contributed by atoms with Crippen molar-refractivity contribution < 1.29 is 19.1 Å². The standard InChI is InChI=1S/C20H38N2O4/c1-7-19(3,4)17(23)21-9-13-25-15-11-22(12-16-26-14-10-21)18(24)20(5,6)8-2/h7-16H2,1-6H3. The van der Waals surface area contributed by atoms with Gasteiger partial charge < -0.3 is 19.3 Å². The van der Waals surface area contributed by atoms with Crippen LogP contribution in [0.15, 0.2) is 0 Å². The summed E-state index contributed by atoms with van der Waals surface area (Å²) in [5.41, 5.74) is -0.738. The van der Waals surface area contributed by atoms with Gasteiger partial charge in [0, 0.05) is 37.0 Å². The van der Waals surface area contributed by atoms with E-state index in [-0.39, 0.29) is 22.6 Å². The van der Waals surface area contributed by atoms with Gasteiger partial charge >= 0.3 is 0 Å². The largest absolute Gasteiger partial charge is 0.378 e. The van der Waals surface area contributed by atoms with Crippen LogP contribution in [-0.4, -0.2) is 74.2 Å². The lowest BCUT2D eigenvalue weighted by molar-refractivity contribution is -0.144. The van der Waals surface area contributed by atoms with Gasteiger partial charge in [0.2, 0.25) is 11.8 Å². The normalized spacial score (nSPS) is 18.8. The number of nitrogens with zero attached hydrogens (tertiary/aromatic N) is 2. The molecule has 6 heteroatoms. The van der Waals surface area contributed by atoms with Crippen molar-refractivity contribution in [1.29, 1.82) is 0 Å². The third-order valence-electron chi connectivity index (χ3n) is 5.52. The zero-order valence-corrected chi connectivity index (χ0v) is 17.6. The Morgan fingerprint density at radius 3 is 1.19 bits per heavy atom. The van der Waals surface area contributed by atoms with Crippen molar-refractivity contribution in [3.8, 4) is 0 Å². The molecule has 1 aliphatic heterocycles. The Morgan fingerprint density at radius 2 is 0.962 bits per heavy atom. The second kappa shape index (κ2) is 10.3. The molecular weight excluding hydrogens is 332 g/mol. The summed E-state index contributed by atoms with van der Waals surface area (Å²) in [6.07, 6.45) is 1.60. The van der Waals surface area contributed by atoms with Crippen molar-refractivity contribution in [3.05, 3.63) is 0 Å². The molecule has 2 amide bonds. The molecule has 0 saturated carbocycles. The minimum absolute atomic E-state index is 0.144. The van der Waals surface area contributed by atoms with Crippen LogP contribution in [0, 0.1) is 10.8 Å². The van der Waals surface area contributed by atoms with Gasteiger partial charge in [-0.1, -0.05) is 41.5 Å². The van der Waals surface area contributed by atoms with Crippen molar-refractivity contribution in [2.75, 3.05) is 52.6 Å². The SMILES string of the molecule is CCC(C)(C)C(=O)N1CCOCCN(C(=O)C(C)(C)CC)CCOCC1. The summed E-state index contributed by atoms with van der Waals surface area (Å²) < 4.78 is 11.5. The van der Waals surface area contributed by atoms with Gasteiger partial charge in [-0.2, -0.15) is 0 Å². The first-order valence-electron chi connectivity index (χ1n) is 9.90. The van der Waals surface area contributed by atoms with E-state index >= 15 is 0 Å². The minimum atomic E-state index is -0.369. The van der Waals surface area contributed by atoms with E-state index in [1.165, 1.54) is 0 Å². The lowest BCUT2D eigenvalue weighted by atomic mass is 9.88. The molecule has 1 heterocycles. The molecule has 0 aromatic heterocycles. The molecule has 0 bridgehead atoms. The molecule has 0 unspecified atom stereocenters. The summed E-state index contributed by atoms with van der Waals surface area (Å²) in [4.78, 5) is 29.1. The van der Waals surface area contributed by atoms with Crippen molar-refractivity contribution in [3.63, 3.8) is 0 Å². The Balaban J connectivity index is 2.66. The van der Waals surface area contributed by atoms with Gasteiger partial charge in [-0.3, -0.25) is 9.59 Å². The fraction of sp³-hybridized carbons (Fsp3) is 0.900. The molecule has 0 N–H and O–H groups in total. The van der Waals surface area contributed by atoms with E-state index in [4.69, 9.17) is 9.47 Å². The molecule has 1 fully saturated rings. The maximum absolute atomic E-state index is 12.7. The van der Waals surface area contributed by atoms with E-state index in [1.807, 2.05) is 51.3 Å². The molecule has 26 heavy (non-hydrogen) atoms. The third-order valence-corrected chi connectivity index (χ3v) is 5.52. The molecule has 0 radical (unpaired) electrons. The number of ether oxygens (including phenoxy) is 2. The Kier molecular flexibility index (Phi) is 9.04. The van der Waals surface area contributed by atoms with Crippen LogP contribution in [0.4, 0.5) is 0 Å². The van der Waals surface area contributed by atoms with Gasteiger partial charge in [0.15, 0.2) is 0 Å². The van der Waals surface area contributed by atoms with Gasteiger partial charge in [-0.25, -0.2) is 0 Å². The van der Waals surface area contributed by atoms with E-state index in [9.17, 15) is 9.59 Å². The smallest absolute Gasteiger partial charge is 0.228 e. The fourth-order valence-corrected chi connectivity index (χ4v) is 2.69. The molecule has 0 atom stereocenters. The Bertz CT molecular complexity index is 409. The van der Waals surface area contributed by atoms with E-state index in [1.54, 1.807) is 0 Å². The first-order valence-corrected chi connectivity index (χ1v) is 9.90. The monoisotopic (exact) mass is 370 g/mol. The third kappa shape index (κ3) is 6.54. The Hall–Kier alpha value is -1.14. The van der Waals surface area contributed by atoms with Crippen LogP contribution in [0.2, 0.25) is 0 Å². The van der Waals surface area contributed by atoms with E-state index < -0.39 is 0 Å². The van der Waals surface area contributed by atoms with E-state index in [0.29, 0.717) is 52.6 Å². The van der Waals surface area contributed by atoms with Crippen molar-refractivity contribution >= 4 is 11.8 Å². The highest BCUT2D eigenvalue weighted by Gasteiger charge is 2.31. The molecule has 0 aliphatic carbocycles. The summed E-state index contributed by atoms with van der Waals surface area (Å²) in [5, 5.41) is 0. The van der Waals surface area contributed by atoms with Crippen LogP contribution in [0.3, 0.4) is 0 Å². The minimum Gasteiger partial charge on any atom is -0.378 e. The molecule has 1 rings (SSSR count). The molecular formula is C20H38N2O4. The molecule has 1 saturated heterocycles. The highest BCUT2D eigenvalue weighted by Crippen LogP contribution is 2.24. The molecule has 0 spiro atoms. The van der Waals surface area contributed by atoms with Gasteiger partial charge in [-0.15, -0.1) is 0 Å². The Labute approximate surface area is 159 Å². The lowest BCUT2D eigenvalue weighted by Gasteiger charge is -2.33. The predicted octanol–water partition coefficient (Wildman–Crippen LogP) is 2.56.